The predicted molar refractivity (Wildman–Crippen MR) is 58.5 cm³/mol. The highest BCUT2D eigenvalue weighted by molar-refractivity contribution is 5.22. The van der Waals surface area contributed by atoms with Gasteiger partial charge in [0.15, 0.2) is 0 Å². The van der Waals surface area contributed by atoms with Gasteiger partial charge in [-0.25, -0.2) is 0 Å². The van der Waals surface area contributed by atoms with Crippen molar-refractivity contribution in [1.82, 2.24) is 4.98 Å². The Hall–Kier alpha value is -1.21. The van der Waals surface area contributed by atoms with Crippen LogP contribution in [0.5, 0.6) is 0 Å². The molecule has 0 aromatic carbocycles. The highest BCUT2D eigenvalue weighted by Gasteiger charge is 2.43. The normalized spacial score (nSPS) is 32.9. The van der Waals surface area contributed by atoms with Crippen LogP contribution >= 0.6 is 0 Å². The van der Waals surface area contributed by atoms with Crippen molar-refractivity contribution in [2.24, 2.45) is 0 Å². The van der Waals surface area contributed by atoms with Gasteiger partial charge in [-0.1, -0.05) is 0 Å². The molecule has 2 heterocycles. The third-order valence-corrected chi connectivity index (χ3v) is 2.98. The molecule has 0 aliphatic carbocycles. The molecule has 94 valence electrons. The minimum absolute atomic E-state index is 0.208. The SMILES string of the molecule is Cc1cc([C@@H]2O[C@H](CO)C(O)C2O)c[nH]c1=O. The Morgan fingerprint density at radius 2 is 2.12 bits per heavy atom. The quantitative estimate of drug-likeness (QED) is 0.523. The van der Waals surface area contributed by atoms with Gasteiger partial charge < -0.3 is 25.0 Å². The van der Waals surface area contributed by atoms with Gasteiger partial charge in [-0.05, 0) is 13.0 Å². The van der Waals surface area contributed by atoms with Crippen molar-refractivity contribution in [3.8, 4) is 0 Å². The predicted octanol–water partition coefficient (Wildman–Crippen LogP) is -1.16. The molecule has 0 saturated carbocycles. The van der Waals surface area contributed by atoms with Gasteiger partial charge in [-0.15, -0.1) is 0 Å². The minimum atomic E-state index is -1.13. The third-order valence-electron chi connectivity index (χ3n) is 2.98. The highest BCUT2D eigenvalue weighted by Crippen LogP contribution is 2.32. The summed E-state index contributed by atoms with van der Waals surface area (Å²) in [4.78, 5) is 13.7. The van der Waals surface area contributed by atoms with Crippen molar-refractivity contribution in [2.75, 3.05) is 6.61 Å². The first-order chi connectivity index (χ1) is 8.04. The van der Waals surface area contributed by atoms with Crippen LogP contribution in [0.3, 0.4) is 0 Å². The lowest BCUT2D eigenvalue weighted by atomic mass is 10.0. The first-order valence-electron chi connectivity index (χ1n) is 5.36. The van der Waals surface area contributed by atoms with E-state index in [4.69, 9.17) is 9.84 Å². The smallest absolute Gasteiger partial charge is 0.250 e. The molecular formula is C11H15NO5. The van der Waals surface area contributed by atoms with Crippen molar-refractivity contribution >= 4 is 0 Å². The van der Waals surface area contributed by atoms with Gasteiger partial charge in [0.25, 0.3) is 5.56 Å². The van der Waals surface area contributed by atoms with Crippen molar-refractivity contribution in [3.63, 3.8) is 0 Å². The number of hydrogen-bond donors (Lipinski definition) is 4. The number of H-pyrrole nitrogens is 1. The number of hydrogen-bond acceptors (Lipinski definition) is 5. The summed E-state index contributed by atoms with van der Waals surface area (Å²) in [5, 5.41) is 28.4. The second-order valence-corrected chi connectivity index (χ2v) is 4.20. The fourth-order valence-electron chi connectivity index (χ4n) is 1.96. The molecule has 6 nitrogen and oxygen atoms in total. The Balaban J connectivity index is 2.28. The van der Waals surface area contributed by atoms with E-state index < -0.39 is 24.4 Å². The largest absolute Gasteiger partial charge is 0.394 e. The Morgan fingerprint density at radius 3 is 2.65 bits per heavy atom. The molecule has 0 amide bonds. The van der Waals surface area contributed by atoms with E-state index >= 15 is 0 Å². The Kier molecular flexibility index (Phi) is 3.30. The average Bonchev–Trinajstić information content (AvgIpc) is 2.60. The number of pyridine rings is 1. The topological polar surface area (TPSA) is 103 Å². The van der Waals surface area contributed by atoms with Gasteiger partial charge in [0.2, 0.25) is 0 Å². The summed E-state index contributed by atoms with van der Waals surface area (Å²) < 4.78 is 5.34. The van der Waals surface area contributed by atoms with Crippen molar-refractivity contribution in [1.29, 1.82) is 0 Å². The van der Waals surface area contributed by atoms with E-state index in [1.165, 1.54) is 6.20 Å². The van der Waals surface area contributed by atoms with Crippen LogP contribution in [0.4, 0.5) is 0 Å². The molecule has 2 unspecified atom stereocenters. The molecule has 1 aromatic rings. The summed E-state index contributed by atoms with van der Waals surface area (Å²) in [6.07, 6.45) is -2.34. The van der Waals surface area contributed by atoms with Crippen LogP contribution in [0.25, 0.3) is 0 Å². The van der Waals surface area contributed by atoms with E-state index in [-0.39, 0.29) is 12.2 Å². The van der Waals surface area contributed by atoms with Gasteiger partial charge in [-0.3, -0.25) is 4.79 Å². The number of aliphatic hydroxyl groups excluding tert-OH is 3. The van der Waals surface area contributed by atoms with Crippen LogP contribution in [0.1, 0.15) is 17.2 Å². The Labute approximate surface area is 97.5 Å². The van der Waals surface area contributed by atoms with E-state index in [0.717, 1.165) is 0 Å². The molecule has 1 saturated heterocycles. The van der Waals surface area contributed by atoms with Crippen LogP contribution < -0.4 is 5.56 Å². The maximum atomic E-state index is 11.2. The number of aliphatic hydroxyl groups is 3. The van der Waals surface area contributed by atoms with Crippen LogP contribution in [0.15, 0.2) is 17.1 Å². The maximum absolute atomic E-state index is 11.2. The lowest BCUT2D eigenvalue weighted by Crippen LogP contribution is -2.32. The zero-order chi connectivity index (χ0) is 12.6. The van der Waals surface area contributed by atoms with Gasteiger partial charge in [0, 0.05) is 17.3 Å². The zero-order valence-corrected chi connectivity index (χ0v) is 9.33. The van der Waals surface area contributed by atoms with Crippen LogP contribution in [0.2, 0.25) is 0 Å². The molecule has 4 atom stereocenters. The lowest BCUT2D eigenvalue weighted by molar-refractivity contribution is -0.0228. The monoisotopic (exact) mass is 241 g/mol. The molecule has 2 rings (SSSR count). The summed E-state index contributed by atoms with van der Waals surface area (Å²) in [5.41, 5.74) is 0.866. The van der Waals surface area contributed by atoms with Crippen molar-refractivity contribution in [3.05, 3.63) is 33.7 Å². The van der Waals surface area contributed by atoms with Crippen LogP contribution in [0, 0.1) is 6.92 Å². The van der Waals surface area contributed by atoms with Gasteiger partial charge in [0.1, 0.15) is 24.4 Å². The summed E-state index contributed by atoms with van der Waals surface area (Å²) in [7, 11) is 0. The summed E-state index contributed by atoms with van der Waals surface area (Å²) in [6, 6.07) is 1.60. The molecular weight excluding hydrogens is 226 g/mol. The second-order valence-electron chi connectivity index (χ2n) is 4.20. The van der Waals surface area contributed by atoms with Gasteiger partial charge in [0.05, 0.1) is 6.61 Å². The number of ether oxygens (including phenoxy) is 1. The summed E-state index contributed by atoms with van der Waals surface area (Å²) in [6.45, 7) is 1.28. The minimum Gasteiger partial charge on any atom is -0.394 e. The highest BCUT2D eigenvalue weighted by atomic mass is 16.6. The molecule has 0 radical (unpaired) electrons. The van der Waals surface area contributed by atoms with Crippen molar-refractivity contribution in [2.45, 2.75) is 31.3 Å². The molecule has 6 heteroatoms. The number of rotatable bonds is 2. The van der Waals surface area contributed by atoms with E-state index in [0.29, 0.717) is 11.1 Å². The molecule has 1 aromatic heterocycles. The number of aromatic amines is 1. The van der Waals surface area contributed by atoms with E-state index in [2.05, 4.69) is 4.98 Å². The van der Waals surface area contributed by atoms with Gasteiger partial charge in [-0.2, -0.15) is 0 Å². The molecule has 4 N–H and O–H groups in total. The number of aromatic nitrogens is 1. The lowest BCUT2D eigenvalue weighted by Gasteiger charge is -2.14. The molecule has 1 aliphatic rings. The van der Waals surface area contributed by atoms with E-state index in [1.54, 1.807) is 13.0 Å². The summed E-state index contributed by atoms with van der Waals surface area (Å²) >= 11 is 0. The molecule has 1 fully saturated rings. The first kappa shape index (κ1) is 12.3. The third kappa shape index (κ3) is 2.12. The number of nitrogens with one attached hydrogen (secondary N) is 1. The average molecular weight is 241 g/mol. The van der Waals surface area contributed by atoms with E-state index in [9.17, 15) is 15.0 Å². The molecule has 17 heavy (non-hydrogen) atoms. The Morgan fingerprint density at radius 1 is 1.41 bits per heavy atom. The summed E-state index contributed by atoms with van der Waals surface area (Å²) in [5.74, 6) is 0. The van der Waals surface area contributed by atoms with Crippen LogP contribution in [-0.4, -0.2) is 45.2 Å². The second kappa shape index (κ2) is 4.58. The maximum Gasteiger partial charge on any atom is 0.250 e. The zero-order valence-electron chi connectivity index (χ0n) is 9.33. The van der Waals surface area contributed by atoms with Crippen molar-refractivity contribution < 1.29 is 20.1 Å². The Bertz CT molecular complexity index is 457. The molecule has 0 spiro atoms. The standard InChI is InChI=1S/C11H15NO5/c1-5-2-6(3-12-11(5)16)10-9(15)8(14)7(4-13)17-10/h2-3,7-10,13-15H,4H2,1H3,(H,12,16)/t7-,8?,9?,10+/m1/s1. The molecule has 1 aliphatic heterocycles. The fourth-order valence-corrected chi connectivity index (χ4v) is 1.96. The molecule has 0 bridgehead atoms. The fraction of sp³-hybridized carbons (Fsp3) is 0.545. The van der Waals surface area contributed by atoms with Gasteiger partial charge >= 0.3 is 0 Å². The first-order valence-corrected chi connectivity index (χ1v) is 5.36. The van der Waals surface area contributed by atoms with Crippen LogP contribution in [-0.2, 0) is 4.74 Å². The number of aryl methyl sites for hydroxylation is 1. The van der Waals surface area contributed by atoms with E-state index in [1.807, 2.05) is 0 Å².